The van der Waals surface area contributed by atoms with Gasteiger partial charge in [-0.15, -0.1) is 11.3 Å². The van der Waals surface area contributed by atoms with E-state index in [1.54, 1.807) is 12.3 Å². The molecule has 0 saturated carbocycles. The molecule has 4 N–H and O–H groups in total. The van der Waals surface area contributed by atoms with Crippen molar-refractivity contribution in [1.82, 2.24) is 14.3 Å². The van der Waals surface area contributed by atoms with Crippen molar-refractivity contribution in [3.8, 4) is 0 Å². The predicted octanol–water partition coefficient (Wildman–Crippen LogP) is 3.89. The third kappa shape index (κ3) is 7.80. The number of halogens is 3. The predicted molar refractivity (Wildman–Crippen MR) is 156 cm³/mol. The number of nitrogens with zero attached hydrogens (tertiary/aromatic N) is 3. The highest BCUT2D eigenvalue weighted by atomic mass is 32.2. The monoisotopic (exact) mass is 641 g/mol. The highest BCUT2D eigenvalue weighted by Crippen LogP contribution is 2.36. The lowest BCUT2D eigenvalue weighted by Crippen LogP contribution is -2.36. The van der Waals surface area contributed by atoms with Gasteiger partial charge in [0.25, 0.3) is 5.91 Å². The maximum atomic E-state index is 12.6. The number of ketones is 1. The SMILES string of the molecule is CS(=O)(=O)N1CC=C(c2cc3c(N4CCC[C@@H](CC(=O)c5nccs5)C4)ccc(C(N)=O)c3[nH]2)CC1.O=C(O)C(F)(F)F. The molecule has 1 fully saturated rings. The minimum absolute atomic E-state index is 0.0855. The van der Waals surface area contributed by atoms with Gasteiger partial charge >= 0.3 is 12.1 Å². The average Bonchev–Trinajstić information content (AvgIpc) is 3.63. The number of carboxylic acid groups (broad SMARTS) is 1. The maximum Gasteiger partial charge on any atom is 0.490 e. The number of carbonyl (C=O) groups is 3. The van der Waals surface area contributed by atoms with Crippen molar-refractivity contribution in [1.29, 1.82) is 0 Å². The Hall–Kier alpha value is -3.76. The van der Waals surface area contributed by atoms with E-state index < -0.39 is 28.1 Å². The van der Waals surface area contributed by atoms with Crippen LogP contribution in [0.1, 0.15) is 51.5 Å². The molecule has 2 aliphatic rings. The Kier molecular flexibility index (Phi) is 9.61. The van der Waals surface area contributed by atoms with E-state index >= 15 is 0 Å². The van der Waals surface area contributed by atoms with Gasteiger partial charge < -0.3 is 20.7 Å². The highest BCUT2D eigenvalue weighted by molar-refractivity contribution is 7.88. The number of amides is 1. The van der Waals surface area contributed by atoms with Gasteiger partial charge in [0.15, 0.2) is 10.8 Å². The average molecular weight is 642 g/mol. The summed E-state index contributed by atoms with van der Waals surface area (Å²) in [6.07, 6.45) is 2.71. The van der Waals surface area contributed by atoms with Gasteiger partial charge in [-0.2, -0.15) is 17.5 Å². The summed E-state index contributed by atoms with van der Waals surface area (Å²) in [4.78, 5) is 43.5. The van der Waals surface area contributed by atoms with Gasteiger partial charge in [0.1, 0.15) is 0 Å². The molecule has 1 saturated heterocycles. The number of carbonyl (C=O) groups excluding carboxylic acids is 2. The number of sulfonamides is 1. The topological polar surface area (TPSA) is 167 Å². The second-order valence-corrected chi connectivity index (χ2v) is 13.2. The number of primary amides is 1. The number of aromatic amines is 1. The van der Waals surface area contributed by atoms with Crippen LogP contribution in [0.3, 0.4) is 0 Å². The third-order valence-electron chi connectivity index (χ3n) is 7.27. The summed E-state index contributed by atoms with van der Waals surface area (Å²) < 4.78 is 56.9. The van der Waals surface area contributed by atoms with Gasteiger partial charge in [0.2, 0.25) is 10.0 Å². The quantitative estimate of drug-likeness (QED) is 0.327. The molecular weight excluding hydrogens is 611 g/mol. The van der Waals surface area contributed by atoms with Crippen LogP contribution in [0.15, 0.2) is 35.9 Å². The zero-order valence-electron chi connectivity index (χ0n) is 23.1. The maximum absolute atomic E-state index is 12.6. The van der Waals surface area contributed by atoms with Gasteiger partial charge in [0, 0.05) is 60.9 Å². The van der Waals surface area contributed by atoms with Crippen LogP contribution in [0.25, 0.3) is 16.5 Å². The van der Waals surface area contributed by atoms with Crippen molar-refractivity contribution >= 4 is 61.2 Å². The Bertz CT molecular complexity index is 1650. The van der Waals surface area contributed by atoms with Crippen LogP contribution in [0, 0.1) is 5.92 Å². The molecule has 1 atom stereocenters. The first-order chi connectivity index (χ1) is 20.1. The van der Waals surface area contributed by atoms with E-state index in [-0.39, 0.29) is 11.7 Å². The lowest BCUT2D eigenvalue weighted by molar-refractivity contribution is -0.192. The Balaban J connectivity index is 0.000000541. The molecule has 0 unspecified atom stereocenters. The number of aromatic nitrogens is 2. The molecule has 2 aromatic heterocycles. The highest BCUT2D eigenvalue weighted by Gasteiger charge is 2.38. The van der Waals surface area contributed by atoms with Gasteiger partial charge in [-0.3, -0.25) is 9.59 Å². The lowest BCUT2D eigenvalue weighted by Gasteiger charge is -2.34. The van der Waals surface area contributed by atoms with E-state index in [1.807, 2.05) is 23.6 Å². The number of Topliss-reactive ketones (excluding diaryl/α,β-unsaturated/α-hetero) is 1. The standard InChI is InChI=1S/C25H29N5O4S2.C2HF3O2/c1-36(33,34)30-10-6-17(7-11-30)20-14-19-21(5-4-18(24(26)32)23(19)28-20)29-9-2-3-16(15-29)13-22(31)25-27-8-12-35-25;3-2(4,5)1(6)7/h4-6,8,12,14,16,28H,2-3,7,9-11,13,15H2,1H3,(H2,26,32);(H,6,7)/t16-;/m0./s1. The Labute approximate surface area is 249 Å². The number of nitrogens with two attached hydrogens (primary N) is 1. The number of rotatable bonds is 7. The molecule has 5 rings (SSSR count). The van der Waals surface area contributed by atoms with Crippen molar-refractivity contribution in [2.45, 2.75) is 31.9 Å². The normalized spacial score (nSPS) is 18.1. The van der Waals surface area contributed by atoms with E-state index in [1.165, 1.54) is 21.9 Å². The molecule has 2 aliphatic heterocycles. The van der Waals surface area contributed by atoms with E-state index in [2.05, 4.69) is 14.9 Å². The molecule has 0 bridgehead atoms. The van der Waals surface area contributed by atoms with Crippen LogP contribution in [0.4, 0.5) is 18.9 Å². The van der Waals surface area contributed by atoms with Gasteiger partial charge in [-0.05, 0) is 49.0 Å². The molecule has 232 valence electrons. The number of thiazole rings is 1. The molecule has 1 aromatic carbocycles. The zero-order valence-corrected chi connectivity index (χ0v) is 24.7. The molecular formula is C27H30F3N5O6S2. The third-order valence-corrected chi connectivity index (χ3v) is 9.35. The minimum atomic E-state index is -5.08. The summed E-state index contributed by atoms with van der Waals surface area (Å²) in [5, 5.41) is 10.4. The second kappa shape index (κ2) is 12.9. The van der Waals surface area contributed by atoms with Crippen LogP contribution in [0.2, 0.25) is 0 Å². The first kappa shape index (κ1) is 32.2. The number of benzene rings is 1. The zero-order chi connectivity index (χ0) is 31.5. The van der Waals surface area contributed by atoms with Crippen molar-refractivity contribution in [2.75, 3.05) is 37.3 Å². The summed E-state index contributed by atoms with van der Waals surface area (Å²) in [5.74, 6) is -2.95. The number of alkyl halides is 3. The lowest BCUT2D eigenvalue weighted by atomic mass is 9.92. The van der Waals surface area contributed by atoms with Gasteiger partial charge in [-0.1, -0.05) is 6.08 Å². The Morgan fingerprint density at radius 2 is 1.95 bits per heavy atom. The fraction of sp³-hybridized carbons (Fsp3) is 0.407. The number of hydrogen-bond acceptors (Lipinski definition) is 8. The Morgan fingerprint density at radius 3 is 2.51 bits per heavy atom. The molecule has 43 heavy (non-hydrogen) atoms. The Morgan fingerprint density at radius 1 is 1.23 bits per heavy atom. The first-order valence-corrected chi connectivity index (χ1v) is 16.0. The minimum Gasteiger partial charge on any atom is -0.475 e. The number of fused-ring (bicyclic) bond motifs is 1. The van der Waals surface area contributed by atoms with Crippen molar-refractivity contribution in [3.05, 3.63) is 52.1 Å². The van der Waals surface area contributed by atoms with Gasteiger partial charge in [0.05, 0.1) is 17.3 Å². The summed E-state index contributed by atoms with van der Waals surface area (Å²) >= 11 is 1.38. The summed E-state index contributed by atoms with van der Waals surface area (Å²) in [5.41, 5.74) is 9.66. The van der Waals surface area contributed by atoms with E-state index in [9.17, 15) is 31.2 Å². The van der Waals surface area contributed by atoms with Crippen molar-refractivity contribution in [3.63, 3.8) is 0 Å². The number of nitrogens with one attached hydrogen (secondary N) is 1. The molecule has 3 aromatic rings. The van der Waals surface area contributed by atoms with E-state index in [4.69, 9.17) is 15.6 Å². The van der Waals surface area contributed by atoms with E-state index in [0.29, 0.717) is 42.0 Å². The number of carboxylic acids is 1. The van der Waals surface area contributed by atoms with Crippen LogP contribution < -0.4 is 10.6 Å². The van der Waals surface area contributed by atoms with Crippen LogP contribution >= 0.6 is 11.3 Å². The summed E-state index contributed by atoms with van der Waals surface area (Å²) in [7, 11) is -3.24. The fourth-order valence-corrected chi connectivity index (χ4v) is 6.57. The smallest absolute Gasteiger partial charge is 0.475 e. The van der Waals surface area contributed by atoms with Crippen molar-refractivity contribution < 1.29 is 41.1 Å². The van der Waals surface area contributed by atoms with Crippen LogP contribution in [-0.4, -0.2) is 84.1 Å². The van der Waals surface area contributed by atoms with Gasteiger partial charge in [-0.25, -0.2) is 18.2 Å². The van der Waals surface area contributed by atoms with Crippen LogP contribution in [-0.2, 0) is 14.8 Å². The van der Waals surface area contributed by atoms with Crippen molar-refractivity contribution in [2.24, 2.45) is 11.7 Å². The molecule has 0 spiro atoms. The first-order valence-electron chi connectivity index (χ1n) is 13.2. The number of hydrogen-bond donors (Lipinski definition) is 3. The van der Waals surface area contributed by atoms with E-state index in [0.717, 1.165) is 48.3 Å². The molecule has 4 heterocycles. The number of piperidine rings is 1. The molecule has 0 radical (unpaired) electrons. The molecule has 16 heteroatoms. The summed E-state index contributed by atoms with van der Waals surface area (Å²) in [6, 6.07) is 5.72. The second-order valence-electron chi connectivity index (χ2n) is 10.3. The largest absolute Gasteiger partial charge is 0.490 e. The number of anilines is 1. The number of aliphatic carboxylic acids is 1. The molecule has 0 aliphatic carbocycles. The molecule has 1 amide bonds. The molecule has 11 nitrogen and oxygen atoms in total. The summed E-state index contributed by atoms with van der Waals surface area (Å²) in [6.45, 7) is 2.34. The number of H-pyrrole nitrogens is 1. The fourth-order valence-electron chi connectivity index (χ4n) is 5.22. The van der Waals surface area contributed by atoms with Crippen LogP contribution in [0.5, 0.6) is 0 Å².